The third-order valence-electron chi connectivity index (χ3n) is 2.07. The van der Waals surface area contributed by atoms with Gasteiger partial charge in [0, 0.05) is 6.42 Å². The summed E-state index contributed by atoms with van der Waals surface area (Å²) in [6, 6.07) is 0. The lowest BCUT2D eigenvalue weighted by Gasteiger charge is -2.08. The summed E-state index contributed by atoms with van der Waals surface area (Å²) in [6.07, 6.45) is 5.24. The van der Waals surface area contributed by atoms with E-state index in [1.807, 2.05) is 0 Å². The van der Waals surface area contributed by atoms with Crippen molar-refractivity contribution in [2.75, 3.05) is 0 Å². The minimum Gasteiger partial charge on any atom is -0.481 e. The summed E-state index contributed by atoms with van der Waals surface area (Å²) >= 11 is 0. The molecule has 0 aliphatic rings. The Balaban J connectivity index is 3.16. The number of hydrogen-bond acceptors (Lipinski definition) is 2. The first-order valence-corrected chi connectivity index (χ1v) is 5.06. The lowest BCUT2D eigenvalue weighted by Crippen LogP contribution is -2.06. The van der Waals surface area contributed by atoms with Crippen molar-refractivity contribution in [3.63, 3.8) is 0 Å². The van der Waals surface area contributed by atoms with Crippen LogP contribution >= 0.6 is 0 Å². The van der Waals surface area contributed by atoms with E-state index in [2.05, 4.69) is 6.92 Å². The molecule has 0 fully saturated rings. The topological polar surface area (TPSA) is 57.5 Å². The zero-order valence-electron chi connectivity index (χ0n) is 8.33. The Labute approximate surface area is 79.8 Å². The maximum absolute atomic E-state index is 10.2. The molecule has 0 bridgehead atoms. The summed E-state index contributed by atoms with van der Waals surface area (Å²) in [6.45, 7) is 2.09. The standard InChI is InChI=1S/C10H20O3/c1-2-3-6-9(11)7-4-5-8-10(12)13/h9,11H,2-8H2,1H3,(H,12,13)/t9-/m1/s1. The number of carboxylic acids is 1. The van der Waals surface area contributed by atoms with Crippen molar-refractivity contribution in [3.05, 3.63) is 0 Å². The number of aliphatic hydroxyl groups is 1. The molecule has 0 rings (SSSR count). The van der Waals surface area contributed by atoms with E-state index in [0.29, 0.717) is 6.42 Å². The van der Waals surface area contributed by atoms with Crippen LogP contribution in [0.15, 0.2) is 0 Å². The summed E-state index contributed by atoms with van der Waals surface area (Å²) in [5.74, 6) is -0.747. The van der Waals surface area contributed by atoms with E-state index in [0.717, 1.165) is 32.1 Å². The average Bonchev–Trinajstić information content (AvgIpc) is 2.08. The second-order valence-electron chi connectivity index (χ2n) is 3.44. The van der Waals surface area contributed by atoms with Gasteiger partial charge in [-0.05, 0) is 19.3 Å². The van der Waals surface area contributed by atoms with Gasteiger partial charge in [-0.25, -0.2) is 0 Å². The molecule has 0 spiro atoms. The fraction of sp³-hybridized carbons (Fsp3) is 0.900. The molecule has 0 aliphatic heterocycles. The van der Waals surface area contributed by atoms with Crippen LogP contribution in [0.25, 0.3) is 0 Å². The molecule has 13 heavy (non-hydrogen) atoms. The lowest BCUT2D eigenvalue weighted by molar-refractivity contribution is -0.137. The normalized spacial score (nSPS) is 12.8. The van der Waals surface area contributed by atoms with Gasteiger partial charge in [-0.15, -0.1) is 0 Å². The summed E-state index contributed by atoms with van der Waals surface area (Å²) < 4.78 is 0. The maximum Gasteiger partial charge on any atom is 0.303 e. The highest BCUT2D eigenvalue weighted by Gasteiger charge is 2.03. The van der Waals surface area contributed by atoms with Crippen LogP contribution in [0, 0.1) is 0 Å². The highest BCUT2D eigenvalue weighted by molar-refractivity contribution is 5.66. The van der Waals surface area contributed by atoms with Gasteiger partial charge in [-0.3, -0.25) is 4.79 Å². The third-order valence-corrected chi connectivity index (χ3v) is 2.07. The van der Waals surface area contributed by atoms with Gasteiger partial charge in [-0.2, -0.15) is 0 Å². The minimum absolute atomic E-state index is 0.223. The van der Waals surface area contributed by atoms with E-state index in [9.17, 15) is 9.90 Å². The molecule has 0 aromatic carbocycles. The number of carboxylic acid groups (broad SMARTS) is 1. The Bertz CT molecular complexity index is 134. The number of hydrogen-bond donors (Lipinski definition) is 2. The molecular formula is C10H20O3. The summed E-state index contributed by atoms with van der Waals surface area (Å²) in [7, 11) is 0. The molecule has 0 unspecified atom stereocenters. The van der Waals surface area contributed by atoms with Gasteiger partial charge >= 0.3 is 5.97 Å². The second-order valence-corrected chi connectivity index (χ2v) is 3.44. The third kappa shape index (κ3) is 9.34. The summed E-state index contributed by atoms with van der Waals surface area (Å²) in [4.78, 5) is 10.2. The smallest absolute Gasteiger partial charge is 0.303 e. The molecule has 3 heteroatoms. The molecule has 0 saturated carbocycles. The zero-order chi connectivity index (χ0) is 10.1. The van der Waals surface area contributed by atoms with Crippen molar-refractivity contribution in [2.24, 2.45) is 0 Å². The van der Waals surface area contributed by atoms with Crippen molar-refractivity contribution in [2.45, 2.75) is 58.0 Å². The Hall–Kier alpha value is -0.570. The predicted molar refractivity (Wildman–Crippen MR) is 51.6 cm³/mol. The van der Waals surface area contributed by atoms with Crippen molar-refractivity contribution in [1.29, 1.82) is 0 Å². The van der Waals surface area contributed by atoms with Crippen LogP contribution in [0.4, 0.5) is 0 Å². The lowest BCUT2D eigenvalue weighted by atomic mass is 10.1. The molecular weight excluding hydrogens is 168 g/mol. The van der Waals surface area contributed by atoms with Gasteiger partial charge in [-0.1, -0.05) is 26.2 Å². The van der Waals surface area contributed by atoms with Crippen LogP contribution in [0.5, 0.6) is 0 Å². The molecule has 2 N–H and O–H groups in total. The Morgan fingerprint density at radius 1 is 1.23 bits per heavy atom. The highest BCUT2D eigenvalue weighted by Crippen LogP contribution is 2.09. The van der Waals surface area contributed by atoms with Crippen LogP contribution < -0.4 is 0 Å². The van der Waals surface area contributed by atoms with E-state index in [-0.39, 0.29) is 12.5 Å². The van der Waals surface area contributed by atoms with Crippen LogP contribution in [-0.2, 0) is 4.79 Å². The number of unbranched alkanes of at least 4 members (excludes halogenated alkanes) is 2. The number of rotatable bonds is 8. The zero-order valence-corrected chi connectivity index (χ0v) is 8.33. The molecule has 0 amide bonds. The van der Waals surface area contributed by atoms with Crippen molar-refractivity contribution in [3.8, 4) is 0 Å². The SMILES string of the molecule is CCCC[C@@H](O)CCCCC(=O)O. The number of aliphatic carboxylic acids is 1. The summed E-state index contributed by atoms with van der Waals surface area (Å²) in [5.41, 5.74) is 0. The highest BCUT2D eigenvalue weighted by atomic mass is 16.4. The monoisotopic (exact) mass is 188 g/mol. The minimum atomic E-state index is -0.747. The molecule has 0 aromatic heterocycles. The van der Waals surface area contributed by atoms with Crippen LogP contribution in [0.2, 0.25) is 0 Å². The van der Waals surface area contributed by atoms with Crippen molar-refractivity contribution < 1.29 is 15.0 Å². The van der Waals surface area contributed by atoms with Gasteiger partial charge in [0.2, 0.25) is 0 Å². The number of aliphatic hydroxyl groups excluding tert-OH is 1. The Morgan fingerprint density at radius 2 is 1.85 bits per heavy atom. The molecule has 0 aliphatic carbocycles. The van der Waals surface area contributed by atoms with Crippen molar-refractivity contribution >= 4 is 5.97 Å². The van der Waals surface area contributed by atoms with Crippen molar-refractivity contribution in [1.82, 2.24) is 0 Å². The van der Waals surface area contributed by atoms with E-state index < -0.39 is 5.97 Å². The first-order valence-electron chi connectivity index (χ1n) is 5.06. The van der Waals surface area contributed by atoms with Crippen LogP contribution in [0.1, 0.15) is 51.9 Å². The van der Waals surface area contributed by atoms with Crippen LogP contribution in [0.3, 0.4) is 0 Å². The molecule has 1 atom stereocenters. The first-order chi connectivity index (χ1) is 6.16. The van der Waals surface area contributed by atoms with E-state index in [1.54, 1.807) is 0 Å². The molecule has 3 nitrogen and oxygen atoms in total. The second kappa shape index (κ2) is 8.05. The Morgan fingerprint density at radius 3 is 2.38 bits per heavy atom. The molecule has 78 valence electrons. The fourth-order valence-corrected chi connectivity index (χ4v) is 1.24. The fourth-order valence-electron chi connectivity index (χ4n) is 1.24. The van der Waals surface area contributed by atoms with Gasteiger partial charge < -0.3 is 10.2 Å². The largest absolute Gasteiger partial charge is 0.481 e. The van der Waals surface area contributed by atoms with E-state index in [4.69, 9.17) is 5.11 Å². The van der Waals surface area contributed by atoms with Gasteiger partial charge in [0.05, 0.1) is 6.10 Å². The molecule has 0 saturated heterocycles. The molecule has 0 aromatic rings. The Kier molecular flexibility index (Phi) is 7.69. The maximum atomic E-state index is 10.2. The van der Waals surface area contributed by atoms with E-state index in [1.165, 1.54) is 0 Å². The molecule has 0 radical (unpaired) electrons. The predicted octanol–water partition coefficient (Wildman–Crippen LogP) is 2.18. The van der Waals surface area contributed by atoms with E-state index >= 15 is 0 Å². The van der Waals surface area contributed by atoms with Gasteiger partial charge in [0.1, 0.15) is 0 Å². The van der Waals surface area contributed by atoms with Crippen LogP contribution in [-0.4, -0.2) is 22.3 Å². The average molecular weight is 188 g/mol. The van der Waals surface area contributed by atoms with Gasteiger partial charge in [0.25, 0.3) is 0 Å². The first kappa shape index (κ1) is 12.4. The molecule has 0 heterocycles. The quantitative estimate of drug-likeness (QED) is 0.574. The van der Waals surface area contributed by atoms with Gasteiger partial charge in [0.15, 0.2) is 0 Å². The summed E-state index contributed by atoms with van der Waals surface area (Å²) in [5, 5.41) is 17.8. The number of carbonyl (C=O) groups is 1.